The molecule has 1 saturated heterocycles. The first-order chi connectivity index (χ1) is 16.6. The van der Waals surface area contributed by atoms with E-state index in [9.17, 15) is 29.3 Å². The van der Waals surface area contributed by atoms with Gasteiger partial charge in [0.05, 0.1) is 19.4 Å². The molecule has 0 bridgehead atoms. The first kappa shape index (κ1) is 25.4. The molecule has 4 rings (SSSR count). The van der Waals surface area contributed by atoms with Gasteiger partial charge in [0.25, 0.3) is 0 Å². The molecule has 1 aliphatic heterocycles. The minimum atomic E-state index is -4.49. The molecule has 2 fully saturated rings. The summed E-state index contributed by atoms with van der Waals surface area (Å²) in [4.78, 5) is 47.2. The Morgan fingerprint density at radius 2 is 1.97 bits per heavy atom. The number of rotatable bonds is 9. The first-order valence-corrected chi connectivity index (χ1v) is 12.8. The number of fused-ring (bicyclic) bond motifs is 1. The largest absolute Gasteiger partial charge is 0.778 e. The number of carbonyl (C=O) groups excluding carboxylic acids is 1. The van der Waals surface area contributed by atoms with Crippen LogP contribution < -0.4 is 15.5 Å². The fourth-order valence-electron chi connectivity index (χ4n) is 4.11. The van der Waals surface area contributed by atoms with Crippen LogP contribution in [0.5, 0.6) is 0 Å². The molecule has 3 heterocycles. The maximum Gasteiger partial charge on any atom is 0.320 e. The number of aliphatic carboxylic acids is 1. The second-order valence-corrected chi connectivity index (χ2v) is 10.4. The van der Waals surface area contributed by atoms with Crippen LogP contribution in [0.3, 0.4) is 0 Å². The number of ether oxygens (including phenoxy) is 1. The highest BCUT2D eigenvalue weighted by Crippen LogP contribution is 2.40. The number of hydrogen-bond acceptors (Lipinski definition) is 11. The molecule has 5 N–H and O–H groups in total. The standard InChI is InChI=1S/C19H27N6O9P/c26-12(27)5-6-35(31,32)33-7-11-14(28)15(29)18(34-11)25-9-22-13-16(20-8-21-17(13)25)24-19(30)23-10-3-1-2-4-10/h8-11,14-15,18,28-29H,1-7H2,(H,26,27)(H,31,32)(H2,20,21,23,24,30)/p-1/t11-,14?,15+,18-/m1/s1. The molecule has 1 saturated carbocycles. The quantitative estimate of drug-likeness (QED) is 0.269. The van der Waals surface area contributed by atoms with E-state index in [1.54, 1.807) is 0 Å². The maximum atomic E-state index is 12.3. The number of aliphatic hydroxyl groups excluding tert-OH is 2. The molecule has 0 aromatic carbocycles. The number of carboxylic acids is 1. The number of urea groups is 1. The number of carbonyl (C=O) groups is 2. The molecule has 2 aliphatic rings. The van der Waals surface area contributed by atoms with Gasteiger partial charge >= 0.3 is 12.0 Å². The Hall–Kier alpha value is -2.68. The van der Waals surface area contributed by atoms with Crippen molar-refractivity contribution in [3.8, 4) is 0 Å². The molecule has 16 heteroatoms. The van der Waals surface area contributed by atoms with Crippen molar-refractivity contribution < 1.29 is 43.6 Å². The molecular weight excluding hydrogens is 487 g/mol. The first-order valence-electron chi connectivity index (χ1n) is 11.1. The van der Waals surface area contributed by atoms with Gasteiger partial charge in [-0.1, -0.05) is 12.8 Å². The lowest BCUT2D eigenvalue weighted by atomic mass is 10.1. The van der Waals surface area contributed by atoms with E-state index in [4.69, 9.17) is 14.4 Å². The number of amides is 2. The summed E-state index contributed by atoms with van der Waals surface area (Å²) in [6.45, 7) is -0.620. The number of nitrogens with zero attached hydrogens (tertiary/aromatic N) is 4. The van der Waals surface area contributed by atoms with Crippen LogP contribution in [0.1, 0.15) is 38.3 Å². The van der Waals surface area contributed by atoms with Crippen LogP contribution in [0.25, 0.3) is 11.2 Å². The summed E-state index contributed by atoms with van der Waals surface area (Å²) in [5, 5.41) is 35.0. The monoisotopic (exact) mass is 513 g/mol. The predicted octanol–water partition coefficient (Wildman–Crippen LogP) is -0.446. The zero-order chi connectivity index (χ0) is 25.2. The minimum absolute atomic E-state index is 0.0983. The zero-order valence-electron chi connectivity index (χ0n) is 18.5. The number of hydrogen-bond donors (Lipinski definition) is 5. The topological polar surface area (TPSA) is 221 Å². The lowest BCUT2D eigenvalue weighted by Crippen LogP contribution is -2.36. The van der Waals surface area contributed by atoms with Gasteiger partial charge in [-0.15, -0.1) is 0 Å². The highest BCUT2D eigenvalue weighted by Gasteiger charge is 2.44. The second kappa shape index (κ2) is 10.5. The molecule has 35 heavy (non-hydrogen) atoms. The number of aliphatic hydroxyl groups is 2. The summed E-state index contributed by atoms with van der Waals surface area (Å²) in [5.41, 5.74) is 0.418. The van der Waals surface area contributed by atoms with E-state index in [0.717, 1.165) is 25.7 Å². The van der Waals surface area contributed by atoms with Gasteiger partial charge in [0.15, 0.2) is 23.2 Å². The molecule has 0 radical (unpaired) electrons. The van der Waals surface area contributed by atoms with Crippen molar-refractivity contribution in [1.29, 1.82) is 0 Å². The molecular formula is C19H26N6O9P-. The second-order valence-electron chi connectivity index (χ2n) is 8.45. The number of carboxylic acid groups (broad SMARTS) is 1. The van der Waals surface area contributed by atoms with Crippen LogP contribution in [-0.4, -0.2) is 84.0 Å². The average molecular weight is 513 g/mol. The Kier molecular flexibility index (Phi) is 7.64. The fraction of sp³-hybridized carbons (Fsp3) is 0.632. The Labute approximate surface area is 199 Å². The Balaban J connectivity index is 1.44. The summed E-state index contributed by atoms with van der Waals surface area (Å²) in [6, 6.07) is -0.331. The summed E-state index contributed by atoms with van der Waals surface area (Å²) < 4.78 is 23.6. The van der Waals surface area contributed by atoms with Gasteiger partial charge in [0.2, 0.25) is 0 Å². The van der Waals surface area contributed by atoms with Crippen molar-refractivity contribution in [2.75, 3.05) is 18.1 Å². The number of nitrogens with one attached hydrogen (secondary N) is 2. The molecule has 2 unspecified atom stereocenters. The Morgan fingerprint density at radius 1 is 1.23 bits per heavy atom. The summed E-state index contributed by atoms with van der Waals surface area (Å²) >= 11 is 0. The van der Waals surface area contributed by atoms with Crippen LogP contribution in [0.15, 0.2) is 12.7 Å². The highest BCUT2D eigenvalue weighted by molar-refractivity contribution is 7.51. The van der Waals surface area contributed by atoms with E-state index < -0.39 is 63.3 Å². The van der Waals surface area contributed by atoms with Crippen molar-refractivity contribution in [2.45, 2.75) is 62.7 Å². The van der Waals surface area contributed by atoms with Crippen molar-refractivity contribution in [1.82, 2.24) is 24.8 Å². The highest BCUT2D eigenvalue weighted by atomic mass is 31.2. The molecule has 15 nitrogen and oxygen atoms in total. The van der Waals surface area contributed by atoms with Crippen molar-refractivity contribution in [2.24, 2.45) is 0 Å². The summed E-state index contributed by atoms with van der Waals surface area (Å²) in [5.74, 6) is -1.15. The smallest absolute Gasteiger partial charge is 0.320 e. The number of aromatic nitrogens is 4. The van der Waals surface area contributed by atoms with Crippen LogP contribution in [0.4, 0.5) is 10.6 Å². The predicted molar refractivity (Wildman–Crippen MR) is 116 cm³/mol. The Bertz CT molecular complexity index is 1120. The van der Waals surface area contributed by atoms with Crippen LogP contribution in [0, 0.1) is 0 Å². The van der Waals surface area contributed by atoms with E-state index in [1.165, 1.54) is 17.2 Å². The van der Waals surface area contributed by atoms with Gasteiger partial charge in [-0.2, -0.15) is 0 Å². The van der Waals surface area contributed by atoms with Crippen molar-refractivity contribution >= 4 is 36.6 Å². The van der Waals surface area contributed by atoms with Crippen LogP contribution >= 0.6 is 7.60 Å². The van der Waals surface area contributed by atoms with Crippen molar-refractivity contribution in [3.63, 3.8) is 0 Å². The summed E-state index contributed by atoms with van der Waals surface area (Å²) in [6.07, 6.45) is -0.335. The van der Waals surface area contributed by atoms with E-state index in [0.29, 0.717) is 0 Å². The Morgan fingerprint density at radius 3 is 2.69 bits per heavy atom. The van der Waals surface area contributed by atoms with Gasteiger partial charge in [0, 0.05) is 12.2 Å². The maximum absolute atomic E-state index is 12.3. The molecule has 192 valence electrons. The fourth-order valence-corrected chi connectivity index (χ4v) is 5.08. The van der Waals surface area contributed by atoms with Crippen molar-refractivity contribution in [3.05, 3.63) is 12.7 Å². The normalized spacial score (nSPS) is 26.6. The molecule has 0 spiro atoms. The van der Waals surface area contributed by atoms with E-state index in [2.05, 4.69) is 25.6 Å². The molecule has 1 aliphatic carbocycles. The third kappa shape index (κ3) is 5.94. The van der Waals surface area contributed by atoms with Gasteiger partial charge in [-0.3, -0.25) is 14.7 Å². The molecule has 5 atom stereocenters. The van der Waals surface area contributed by atoms with Gasteiger partial charge < -0.3 is 39.4 Å². The van der Waals surface area contributed by atoms with E-state index in [-0.39, 0.29) is 23.0 Å². The van der Waals surface area contributed by atoms with E-state index in [1.807, 2.05) is 0 Å². The third-order valence-electron chi connectivity index (χ3n) is 5.93. The molecule has 2 aromatic heterocycles. The van der Waals surface area contributed by atoms with Crippen LogP contribution in [-0.2, 0) is 18.6 Å². The average Bonchev–Trinajstić information content (AvgIpc) is 3.53. The van der Waals surface area contributed by atoms with Gasteiger partial charge in [0.1, 0.15) is 32.2 Å². The lowest BCUT2D eigenvalue weighted by Gasteiger charge is -2.25. The van der Waals surface area contributed by atoms with Gasteiger partial charge in [-0.25, -0.2) is 19.7 Å². The van der Waals surface area contributed by atoms with E-state index >= 15 is 0 Å². The number of imidazole rings is 1. The SMILES string of the molecule is O=C(O)CCP(=O)([O-])OC[C@H]1O[C@@H](n2cnc3c(NC(=O)NC4CCCC4)ncnc32)[C@@H](O)C1O. The van der Waals surface area contributed by atoms with Gasteiger partial charge in [-0.05, 0) is 12.8 Å². The molecule has 2 aromatic rings. The van der Waals surface area contributed by atoms with Crippen LogP contribution in [0.2, 0.25) is 0 Å². The molecule has 2 amide bonds. The third-order valence-corrected chi connectivity index (χ3v) is 7.24. The zero-order valence-corrected chi connectivity index (χ0v) is 19.4. The lowest BCUT2D eigenvalue weighted by molar-refractivity contribution is -0.202. The minimum Gasteiger partial charge on any atom is -0.778 e. The summed E-state index contributed by atoms with van der Waals surface area (Å²) in [7, 11) is -4.49. The number of anilines is 1.